The minimum atomic E-state index is -0.436. The Balaban J connectivity index is 1.48. The molecule has 2 amide bonds. The molecule has 0 fully saturated rings. The smallest absolute Gasteiger partial charge is 0.273 e. The highest BCUT2D eigenvalue weighted by Crippen LogP contribution is 2.18. The van der Waals surface area contributed by atoms with E-state index in [9.17, 15) is 9.59 Å². The van der Waals surface area contributed by atoms with E-state index in [1.165, 1.54) is 6.20 Å². The molecule has 28 heavy (non-hydrogen) atoms. The van der Waals surface area contributed by atoms with Crippen LogP contribution in [0.3, 0.4) is 0 Å². The highest BCUT2D eigenvalue weighted by atomic mass is 79.9. The summed E-state index contributed by atoms with van der Waals surface area (Å²) in [6.07, 6.45) is 3.09. The second-order valence-corrected chi connectivity index (χ2v) is 7.10. The maximum absolute atomic E-state index is 12.5. The van der Waals surface area contributed by atoms with Gasteiger partial charge >= 0.3 is 0 Å². The summed E-state index contributed by atoms with van der Waals surface area (Å²) in [5.41, 5.74) is 8.10. The maximum Gasteiger partial charge on any atom is 0.273 e. The van der Waals surface area contributed by atoms with E-state index in [1.807, 2.05) is 48.5 Å². The predicted molar refractivity (Wildman–Crippen MR) is 109 cm³/mol. The number of halogens is 1. The number of nitrogens with one attached hydrogen (secondary N) is 3. The monoisotopic (exact) mass is 437 g/mol. The highest BCUT2D eigenvalue weighted by Gasteiger charge is 2.17. The van der Waals surface area contributed by atoms with E-state index in [1.54, 1.807) is 17.8 Å². The van der Waals surface area contributed by atoms with Crippen LogP contribution in [-0.4, -0.2) is 26.6 Å². The van der Waals surface area contributed by atoms with Crippen LogP contribution >= 0.6 is 15.9 Å². The van der Waals surface area contributed by atoms with Crippen molar-refractivity contribution in [2.24, 2.45) is 0 Å². The molecule has 4 aromatic rings. The van der Waals surface area contributed by atoms with Crippen molar-refractivity contribution in [1.29, 1.82) is 0 Å². The Labute approximate surface area is 168 Å². The molecule has 0 aliphatic rings. The van der Waals surface area contributed by atoms with Crippen molar-refractivity contribution in [3.63, 3.8) is 0 Å². The van der Waals surface area contributed by atoms with Gasteiger partial charge in [0.15, 0.2) is 0 Å². The third-order valence-electron chi connectivity index (χ3n) is 4.45. The molecule has 4 rings (SSSR count). The molecule has 0 aliphatic heterocycles. The summed E-state index contributed by atoms with van der Waals surface area (Å²) in [6, 6.07) is 15.0. The Hall–Kier alpha value is -3.39. The van der Waals surface area contributed by atoms with Gasteiger partial charge in [0.05, 0.1) is 28.7 Å². The van der Waals surface area contributed by atoms with Gasteiger partial charge in [-0.05, 0) is 37.3 Å². The van der Waals surface area contributed by atoms with Crippen molar-refractivity contribution in [2.45, 2.75) is 6.92 Å². The summed E-state index contributed by atoms with van der Waals surface area (Å²) in [7, 11) is 0. The first kappa shape index (κ1) is 18.0. The Morgan fingerprint density at radius 2 is 1.68 bits per heavy atom. The Morgan fingerprint density at radius 3 is 2.43 bits per heavy atom. The molecule has 0 radical (unpaired) electrons. The van der Waals surface area contributed by atoms with Crippen LogP contribution in [0.4, 0.5) is 0 Å². The van der Waals surface area contributed by atoms with Crippen molar-refractivity contribution in [3.05, 3.63) is 82.2 Å². The summed E-state index contributed by atoms with van der Waals surface area (Å²) in [4.78, 5) is 28.0. The summed E-state index contributed by atoms with van der Waals surface area (Å²) in [5, 5.41) is 5.06. The molecule has 8 heteroatoms. The molecule has 0 atom stereocenters. The molecular weight excluding hydrogens is 422 g/mol. The van der Waals surface area contributed by atoms with E-state index in [-0.39, 0.29) is 0 Å². The number of hydrazine groups is 1. The first-order valence-corrected chi connectivity index (χ1v) is 9.31. The first-order chi connectivity index (χ1) is 13.5. The fourth-order valence-corrected chi connectivity index (χ4v) is 3.25. The maximum atomic E-state index is 12.5. The van der Waals surface area contributed by atoms with Gasteiger partial charge in [0.25, 0.3) is 11.8 Å². The van der Waals surface area contributed by atoms with Crippen LogP contribution < -0.4 is 10.9 Å². The van der Waals surface area contributed by atoms with Crippen molar-refractivity contribution < 1.29 is 9.59 Å². The zero-order chi connectivity index (χ0) is 19.7. The molecule has 0 aliphatic carbocycles. The summed E-state index contributed by atoms with van der Waals surface area (Å²) >= 11 is 3.39. The molecule has 0 bridgehead atoms. The third kappa shape index (κ3) is 3.29. The number of rotatable bonds is 3. The number of para-hydroxylation sites is 1. The minimum Gasteiger partial charge on any atom is -0.360 e. The van der Waals surface area contributed by atoms with Gasteiger partial charge in [-0.1, -0.05) is 34.1 Å². The van der Waals surface area contributed by atoms with Crippen LogP contribution in [0.2, 0.25) is 0 Å². The first-order valence-electron chi connectivity index (χ1n) is 8.52. The highest BCUT2D eigenvalue weighted by molar-refractivity contribution is 9.10. The van der Waals surface area contributed by atoms with Crippen LogP contribution in [0.25, 0.3) is 16.6 Å². The van der Waals surface area contributed by atoms with Gasteiger partial charge in [-0.25, -0.2) is 4.68 Å². The SMILES string of the molecule is Cc1c(C(=O)NNC(=O)c2c[nH]c3ccccc23)cnn1-c1ccc(Br)cc1. The van der Waals surface area contributed by atoms with Gasteiger partial charge in [-0.3, -0.25) is 20.4 Å². The molecule has 2 aromatic carbocycles. The van der Waals surface area contributed by atoms with E-state index < -0.39 is 11.8 Å². The van der Waals surface area contributed by atoms with Crippen molar-refractivity contribution >= 4 is 38.6 Å². The summed E-state index contributed by atoms with van der Waals surface area (Å²) < 4.78 is 2.63. The molecule has 0 spiro atoms. The van der Waals surface area contributed by atoms with E-state index in [4.69, 9.17) is 0 Å². The largest absolute Gasteiger partial charge is 0.360 e. The Kier molecular flexibility index (Phi) is 4.70. The molecule has 7 nitrogen and oxygen atoms in total. The van der Waals surface area contributed by atoms with Crippen molar-refractivity contribution in [3.8, 4) is 5.69 Å². The predicted octanol–water partition coefficient (Wildman–Crippen LogP) is 3.50. The lowest BCUT2D eigenvalue weighted by atomic mass is 10.2. The number of carbonyl (C=O) groups is 2. The van der Waals surface area contributed by atoms with Crippen LogP contribution in [0, 0.1) is 6.92 Å². The molecule has 3 N–H and O–H groups in total. The van der Waals surface area contributed by atoms with Crippen LogP contribution in [0.1, 0.15) is 26.4 Å². The Bertz CT molecular complexity index is 1180. The van der Waals surface area contributed by atoms with Gasteiger partial charge in [-0.15, -0.1) is 0 Å². The summed E-state index contributed by atoms with van der Waals surface area (Å²) in [6.45, 7) is 1.80. The molecule has 0 saturated heterocycles. The normalized spacial score (nSPS) is 10.8. The number of amides is 2. The standard InChI is InChI=1S/C20H16BrN5O2/c1-12-16(11-23-26(12)14-8-6-13(21)7-9-14)19(27)24-25-20(28)17-10-22-18-5-3-2-4-15(17)18/h2-11,22H,1H3,(H,24,27)(H,25,28). The fourth-order valence-electron chi connectivity index (χ4n) is 2.98. The molecular formula is C20H16BrN5O2. The lowest BCUT2D eigenvalue weighted by Gasteiger charge is -2.08. The van der Waals surface area contributed by atoms with Crippen molar-refractivity contribution in [1.82, 2.24) is 25.6 Å². The molecule has 2 aromatic heterocycles. The fraction of sp³-hybridized carbons (Fsp3) is 0.0500. The van der Waals surface area contributed by atoms with E-state index in [0.29, 0.717) is 16.8 Å². The van der Waals surface area contributed by atoms with Gasteiger partial charge < -0.3 is 4.98 Å². The second-order valence-electron chi connectivity index (χ2n) is 6.19. The van der Waals surface area contributed by atoms with Gasteiger partial charge in [-0.2, -0.15) is 5.10 Å². The number of hydrogen-bond donors (Lipinski definition) is 3. The number of aromatic nitrogens is 3. The second kappa shape index (κ2) is 7.32. The number of hydrogen-bond acceptors (Lipinski definition) is 3. The van der Waals surface area contributed by atoms with Crippen LogP contribution in [-0.2, 0) is 0 Å². The average molecular weight is 438 g/mol. The third-order valence-corrected chi connectivity index (χ3v) is 4.98. The zero-order valence-corrected chi connectivity index (χ0v) is 16.4. The van der Waals surface area contributed by atoms with E-state index in [2.05, 4.69) is 36.9 Å². The minimum absolute atomic E-state index is 0.377. The molecule has 2 heterocycles. The van der Waals surface area contributed by atoms with E-state index in [0.717, 1.165) is 21.1 Å². The summed E-state index contributed by atoms with van der Waals surface area (Å²) in [5.74, 6) is -0.835. The number of aromatic amines is 1. The number of nitrogens with zero attached hydrogens (tertiary/aromatic N) is 2. The van der Waals surface area contributed by atoms with Gasteiger partial charge in [0.2, 0.25) is 0 Å². The van der Waals surface area contributed by atoms with Crippen LogP contribution in [0.15, 0.2) is 65.4 Å². The van der Waals surface area contributed by atoms with Gasteiger partial charge in [0, 0.05) is 21.6 Å². The van der Waals surface area contributed by atoms with Gasteiger partial charge in [0.1, 0.15) is 0 Å². The number of H-pyrrole nitrogens is 1. The number of fused-ring (bicyclic) bond motifs is 1. The molecule has 0 unspecified atom stereocenters. The average Bonchev–Trinajstić information content (AvgIpc) is 3.30. The quantitative estimate of drug-likeness (QED) is 0.428. The van der Waals surface area contributed by atoms with Crippen molar-refractivity contribution in [2.75, 3.05) is 0 Å². The van der Waals surface area contributed by atoms with E-state index >= 15 is 0 Å². The zero-order valence-electron chi connectivity index (χ0n) is 14.9. The Morgan fingerprint density at radius 1 is 1.00 bits per heavy atom. The lowest BCUT2D eigenvalue weighted by molar-refractivity contribution is 0.0847. The van der Waals surface area contributed by atoms with Crippen LogP contribution in [0.5, 0.6) is 0 Å². The molecule has 0 saturated carbocycles. The lowest BCUT2D eigenvalue weighted by Crippen LogP contribution is -2.41. The topological polar surface area (TPSA) is 91.8 Å². The molecule has 140 valence electrons. The number of carbonyl (C=O) groups excluding carboxylic acids is 2. The number of benzene rings is 2.